The molecule has 0 radical (unpaired) electrons. The Morgan fingerprint density at radius 1 is 1.03 bits per heavy atom. The first-order valence-corrected chi connectivity index (χ1v) is 9.97. The molecule has 6 nitrogen and oxygen atoms in total. The molecule has 160 valence electrons. The highest BCUT2D eigenvalue weighted by molar-refractivity contribution is 6.31. The topological polar surface area (TPSA) is 64.7 Å². The van der Waals surface area contributed by atoms with Gasteiger partial charge < -0.3 is 10.6 Å². The van der Waals surface area contributed by atoms with Crippen LogP contribution in [-0.4, -0.2) is 60.4 Å². The van der Waals surface area contributed by atoms with Gasteiger partial charge in [-0.3, -0.25) is 19.4 Å². The summed E-state index contributed by atoms with van der Waals surface area (Å²) in [4.78, 5) is 28.7. The normalized spacial score (nSPS) is 16.1. The fourth-order valence-corrected chi connectivity index (χ4v) is 3.45. The van der Waals surface area contributed by atoms with Gasteiger partial charge in [-0.25, -0.2) is 8.78 Å². The Hall–Kier alpha value is -2.55. The SMILES string of the molecule is CC(C(=O)Nc1cccc(F)c1)N1CCN(CC(=O)Nc2ccc(F)c(Cl)c2)CC1. The van der Waals surface area contributed by atoms with Gasteiger partial charge in [-0.2, -0.15) is 0 Å². The predicted molar refractivity (Wildman–Crippen MR) is 113 cm³/mol. The van der Waals surface area contributed by atoms with Crippen molar-refractivity contribution in [1.82, 2.24) is 9.80 Å². The number of rotatable bonds is 6. The molecular formula is C21H23ClF2N4O2. The van der Waals surface area contributed by atoms with Gasteiger partial charge in [0.15, 0.2) is 0 Å². The van der Waals surface area contributed by atoms with Crippen molar-refractivity contribution in [2.24, 2.45) is 0 Å². The summed E-state index contributed by atoms with van der Waals surface area (Å²) >= 11 is 5.73. The van der Waals surface area contributed by atoms with E-state index in [-0.39, 0.29) is 29.4 Å². The summed E-state index contributed by atoms with van der Waals surface area (Å²) in [6, 6.07) is 9.41. The molecule has 0 spiro atoms. The number of hydrogen-bond donors (Lipinski definition) is 2. The van der Waals surface area contributed by atoms with Crippen LogP contribution in [0, 0.1) is 11.6 Å². The fraction of sp³-hybridized carbons (Fsp3) is 0.333. The van der Waals surface area contributed by atoms with Gasteiger partial charge in [0.2, 0.25) is 11.8 Å². The lowest BCUT2D eigenvalue weighted by Gasteiger charge is -2.37. The Morgan fingerprint density at radius 3 is 2.40 bits per heavy atom. The highest BCUT2D eigenvalue weighted by Crippen LogP contribution is 2.19. The van der Waals surface area contributed by atoms with Gasteiger partial charge in [0, 0.05) is 37.6 Å². The van der Waals surface area contributed by atoms with E-state index in [1.165, 1.54) is 30.3 Å². The van der Waals surface area contributed by atoms with Crippen molar-refractivity contribution < 1.29 is 18.4 Å². The van der Waals surface area contributed by atoms with E-state index in [9.17, 15) is 18.4 Å². The highest BCUT2D eigenvalue weighted by Gasteiger charge is 2.26. The van der Waals surface area contributed by atoms with E-state index >= 15 is 0 Å². The maximum Gasteiger partial charge on any atom is 0.241 e. The number of anilines is 2. The highest BCUT2D eigenvalue weighted by atomic mass is 35.5. The number of carbonyl (C=O) groups is 2. The van der Waals surface area contributed by atoms with E-state index in [4.69, 9.17) is 11.6 Å². The minimum absolute atomic E-state index is 0.0491. The molecule has 9 heteroatoms. The summed E-state index contributed by atoms with van der Waals surface area (Å²) in [7, 11) is 0. The van der Waals surface area contributed by atoms with Crippen LogP contribution in [0.25, 0.3) is 0 Å². The van der Waals surface area contributed by atoms with Crippen LogP contribution in [-0.2, 0) is 9.59 Å². The van der Waals surface area contributed by atoms with Crippen molar-refractivity contribution in [1.29, 1.82) is 0 Å². The molecule has 0 saturated carbocycles. The zero-order chi connectivity index (χ0) is 21.7. The Morgan fingerprint density at radius 2 is 1.73 bits per heavy atom. The molecule has 1 saturated heterocycles. The van der Waals surface area contributed by atoms with Gasteiger partial charge in [-0.15, -0.1) is 0 Å². The predicted octanol–water partition coefficient (Wildman–Crippen LogP) is 3.20. The van der Waals surface area contributed by atoms with E-state index in [1.807, 2.05) is 9.80 Å². The summed E-state index contributed by atoms with van der Waals surface area (Å²) < 4.78 is 26.5. The van der Waals surface area contributed by atoms with E-state index < -0.39 is 11.6 Å². The molecular weight excluding hydrogens is 414 g/mol. The lowest BCUT2D eigenvalue weighted by atomic mass is 10.2. The summed E-state index contributed by atoms with van der Waals surface area (Å²) in [5, 5.41) is 5.38. The second-order valence-corrected chi connectivity index (χ2v) is 7.57. The van der Waals surface area contributed by atoms with Gasteiger partial charge >= 0.3 is 0 Å². The third kappa shape index (κ3) is 5.98. The maximum atomic E-state index is 13.3. The molecule has 1 aliphatic rings. The third-order valence-electron chi connectivity index (χ3n) is 5.00. The number of amides is 2. The van der Waals surface area contributed by atoms with E-state index in [1.54, 1.807) is 19.1 Å². The lowest BCUT2D eigenvalue weighted by Crippen LogP contribution is -2.53. The number of benzene rings is 2. The summed E-state index contributed by atoms with van der Waals surface area (Å²) in [6.07, 6.45) is 0. The lowest BCUT2D eigenvalue weighted by molar-refractivity contribution is -0.122. The van der Waals surface area contributed by atoms with Crippen molar-refractivity contribution in [3.63, 3.8) is 0 Å². The molecule has 0 aromatic heterocycles. The Bertz CT molecular complexity index is 920. The number of nitrogens with one attached hydrogen (secondary N) is 2. The van der Waals surface area contributed by atoms with Crippen molar-refractivity contribution >= 4 is 34.8 Å². The summed E-state index contributed by atoms with van der Waals surface area (Å²) in [6.45, 7) is 4.47. The molecule has 1 atom stereocenters. The second-order valence-electron chi connectivity index (χ2n) is 7.16. The molecule has 2 N–H and O–H groups in total. The first kappa shape index (κ1) is 22.1. The summed E-state index contributed by atoms with van der Waals surface area (Å²) in [5.74, 6) is -1.38. The number of piperazine rings is 1. The number of carbonyl (C=O) groups excluding carboxylic acids is 2. The molecule has 1 fully saturated rings. The van der Waals surface area contributed by atoms with Crippen LogP contribution in [0.2, 0.25) is 5.02 Å². The van der Waals surface area contributed by atoms with Crippen molar-refractivity contribution in [3.8, 4) is 0 Å². The molecule has 2 amide bonds. The van der Waals surface area contributed by atoms with Crippen LogP contribution in [0.15, 0.2) is 42.5 Å². The monoisotopic (exact) mass is 436 g/mol. The average Bonchev–Trinajstić information content (AvgIpc) is 2.71. The summed E-state index contributed by atoms with van der Waals surface area (Å²) in [5.41, 5.74) is 0.857. The Kier molecular flexibility index (Phi) is 7.36. The zero-order valence-electron chi connectivity index (χ0n) is 16.5. The van der Waals surface area contributed by atoms with Crippen LogP contribution < -0.4 is 10.6 Å². The maximum absolute atomic E-state index is 13.3. The van der Waals surface area contributed by atoms with Crippen LogP contribution in [0.4, 0.5) is 20.2 Å². The molecule has 0 bridgehead atoms. The first-order valence-electron chi connectivity index (χ1n) is 9.59. The molecule has 3 rings (SSSR count). The van der Waals surface area contributed by atoms with Gasteiger partial charge in [-0.1, -0.05) is 17.7 Å². The molecule has 1 unspecified atom stereocenters. The van der Waals surface area contributed by atoms with E-state index in [0.29, 0.717) is 37.6 Å². The molecule has 1 heterocycles. The molecule has 1 aliphatic heterocycles. The third-order valence-corrected chi connectivity index (χ3v) is 5.29. The average molecular weight is 437 g/mol. The quantitative estimate of drug-likeness (QED) is 0.730. The van der Waals surface area contributed by atoms with Crippen molar-refractivity contribution in [2.45, 2.75) is 13.0 Å². The van der Waals surface area contributed by atoms with E-state index in [2.05, 4.69) is 10.6 Å². The first-order chi connectivity index (χ1) is 14.3. The number of hydrogen-bond acceptors (Lipinski definition) is 4. The van der Waals surface area contributed by atoms with Crippen LogP contribution in [0.1, 0.15) is 6.92 Å². The molecule has 30 heavy (non-hydrogen) atoms. The largest absolute Gasteiger partial charge is 0.325 e. The van der Waals surface area contributed by atoms with Gasteiger partial charge in [0.05, 0.1) is 17.6 Å². The number of halogens is 3. The minimum Gasteiger partial charge on any atom is -0.325 e. The molecule has 2 aromatic rings. The van der Waals surface area contributed by atoms with Crippen molar-refractivity contribution in [2.75, 3.05) is 43.4 Å². The zero-order valence-corrected chi connectivity index (χ0v) is 17.3. The Balaban J connectivity index is 1.45. The van der Waals surface area contributed by atoms with Crippen LogP contribution >= 0.6 is 11.6 Å². The van der Waals surface area contributed by atoms with Gasteiger partial charge in [0.1, 0.15) is 11.6 Å². The Labute approximate surface area is 178 Å². The van der Waals surface area contributed by atoms with Gasteiger partial charge in [0.25, 0.3) is 0 Å². The van der Waals surface area contributed by atoms with Gasteiger partial charge in [-0.05, 0) is 43.3 Å². The molecule has 0 aliphatic carbocycles. The van der Waals surface area contributed by atoms with Crippen LogP contribution in [0.5, 0.6) is 0 Å². The van der Waals surface area contributed by atoms with E-state index in [0.717, 1.165) is 0 Å². The minimum atomic E-state index is -0.540. The standard InChI is InChI=1S/C21H23ClF2N4O2/c1-14(21(30)26-16-4-2-3-15(23)11-16)28-9-7-27(8-10-28)13-20(29)25-17-5-6-19(24)18(22)12-17/h2-6,11-12,14H,7-10,13H2,1H3,(H,25,29)(H,26,30). The van der Waals surface area contributed by atoms with Crippen LogP contribution in [0.3, 0.4) is 0 Å². The second kappa shape index (κ2) is 9.97. The van der Waals surface area contributed by atoms with Crippen molar-refractivity contribution in [3.05, 3.63) is 59.1 Å². The molecule has 2 aromatic carbocycles. The number of nitrogens with zero attached hydrogens (tertiary/aromatic N) is 2. The fourth-order valence-electron chi connectivity index (χ4n) is 3.27. The smallest absolute Gasteiger partial charge is 0.241 e.